The van der Waals surface area contributed by atoms with E-state index in [0.29, 0.717) is 6.04 Å². The molecular formula is C31H54N2O6. The first-order valence-corrected chi connectivity index (χ1v) is 14.5. The number of aliphatic carboxylic acids is 1. The van der Waals surface area contributed by atoms with E-state index in [9.17, 15) is 9.59 Å². The first-order valence-electron chi connectivity index (χ1n) is 14.5. The highest BCUT2D eigenvalue weighted by molar-refractivity contribution is 5.80. The van der Waals surface area contributed by atoms with Crippen molar-refractivity contribution in [3.05, 3.63) is 23.3 Å². The number of hydrogen-bond donors (Lipinski definition) is 2. The third kappa shape index (κ3) is 10.9. The highest BCUT2D eigenvalue weighted by atomic mass is 16.6. The fraction of sp³-hybridized carbons (Fsp3) is 0.742. The number of benzene rings is 1. The number of nitrogens with zero attached hydrogens (tertiary/aromatic N) is 1. The Kier molecular flexibility index (Phi) is 14.1. The number of carboxylic acids is 1. The van der Waals surface area contributed by atoms with Gasteiger partial charge in [0, 0.05) is 19.1 Å². The van der Waals surface area contributed by atoms with Crippen LogP contribution >= 0.6 is 0 Å². The van der Waals surface area contributed by atoms with E-state index in [-0.39, 0.29) is 5.92 Å². The molecule has 0 aliphatic carbocycles. The Hall–Kier alpha value is -2.48. The molecule has 0 spiro atoms. The second kappa shape index (κ2) is 15.9. The monoisotopic (exact) mass is 550 g/mol. The molecule has 3 unspecified atom stereocenters. The number of fused-ring (bicyclic) bond motifs is 3. The zero-order valence-electron chi connectivity index (χ0n) is 26.2. The van der Waals surface area contributed by atoms with Crippen LogP contribution in [0.3, 0.4) is 0 Å². The Morgan fingerprint density at radius 1 is 1.05 bits per heavy atom. The Bertz CT molecular complexity index is 909. The Morgan fingerprint density at radius 2 is 1.64 bits per heavy atom. The summed E-state index contributed by atoms with van der Waals surface area (Å²) in [6.45, 7) is 19.7. The number of rotatable bonds is 7. The van der Waals surface area contributed by atoms with Gasteiger partial charge in [0.2, 0.25) is 0 Å². The molecule has 39 heavy (non-hydrogen) atoms. The van der Waals surface area contributed by atoms with Crippen molar-refractivity contribution in [2.24, 2.45) is 17.8 Å². The molecule has 2 aliphatic heterocycles. The second-order valence-corrected chi connectivity index (χ2v) is 11.9. The van der Waals surface area contributed by atoms with Crippen LogP contribution in [0.5, 0.6) is 11.5 Å². The molecule has 224 valence electrons. The molecule has 3 atom stereocenters. The summed E-state index contributed by atoms with van der Waals surface area (Å²) in [6.07, 6.45) is 4.42. The molecule has 8 nitrogen and oxygen atoms in total. The number of carbonyl (C=O) groups is 2. The molecule has 0 bridgehead atoms. The van der Waals surface area contributed by atoms with Crippen LogP contribution in [0.1, 0.15) is 98.7 Å². The maximum absolute atomic E-state index is 11.3. The summed E-state index contributed by atoms with van der Waals surface area (Å²) in [6, 6.07) is 4.06. The molecule has 2 heterocycles. The number of carboxylic acid groups (broad SMARTS) is 1. The summed E-state index contributed by atoms with van der Waals surface area (Å²) in [5.74, 6) is 2.17. The van der Waals surface area contributed by atoms with Gasteiger partial charge in [0.1, 0.15) is 11.6 Å². The minimum Gasteiger partial charge on any atom is -0.493 e. The summed E-state index contributed by atoms with van der Waals surface area (Å²) in [5.41, 5.74) is 2.29. The largest absolute Gasteiger partial charge is 0.493 e. The smallest absolute Gasteiger partial charge is 0.408 e. The number of nitrogens with one attached hydrogen (secondary N) is 1. The molecule has 2 N–H and O–H groups in total. The maximum atomic E-state index is 11.3. The van der Waals surface area contributed by atoms with Gasteiger partial charge in [0.25, 0.3) is 0 Å². The Labute approximate surface area is 236 Å². The van der Waals surface area contributed by atoms with Gasteiger partial charge >= 0.3 is 12.1 Å². The van der Waals surface area contributed by atoms with Crippen LogP contribution in [-0.2, 0) is 16.0 Å². The van der Waals surface area contributed by atoms with Gasteiger partial charge in [-0.05, 0) is 87.5 Å². The van der Waals surface area contributed by atoms with E-state index in [4.69, 9.17) is 19.3 Å². The molecule has 1 aromatic carbocycles. The SMILES string of the molecule is CC.CC(C)C(NC(=O)OC(C)(C)C)C(=O)O.COc1cc2c(cc1OC)C1CCC(CC(C)C)CN1CC2. The lowest BCUT2D eigenvalue weighted by molar-refractivity contribution is -0.140. The van der Waals surface area contributed by atoms with Crippen molar-refractivity contribution in [1.29, 1.82) is 0 Å². The van der Waals surface area contributed by atoms with E-state index >= 15 is 0 Å². The van der Waals surface area contributed by atoms with Gasteiger partial charge in [-0.25, -0.2) is 9.59 Å². The summed E-state index contributed by atoms with van der Waals surface area (Å²) in [7, 11) is 3.45. The molecule has 0 radical (unpaired) electrons. The lowest BCUT2D eigenvalue weighted by Gasteiger charge is -2.44. The predicted molar refractivity (Wildman–Crippen MR) is 157 cm³/mol. The van der Waals surface area contributed by atoms with Crippen molar-refractivity contribution in [3.8, 4) is 11.5 Å². The molecule has 0 aromatic heterocycles. The van der Waals surface area contributed by atoms with Gasteiger partial charge in [-0.2, -0.15) is 0 Å². The number of alkyl carbamates (subject to hydrolysis) is 1. The third-order valence-corrected chi connectivity index (χ3v) is 6.86. The minimum atomic E-state index is -1.06. The zero-order valence-corrected chi connectivity index (χ0v) is 26.2. The van der Waals surface area contributed by atoms with E-state index in [2.05, 4.69) is 36.2 Å². The zero-order chi connectivity index (χ0) is 29.9. The Morgan fingerprint density at radius 3 is 2.13 bits per heavy atom. The number of methoxy groups -OCH3 is 2. The van der Waals surface area contributed by atoms with Crippen molar-refractivity contribution in [3.63, 3.8) is 0 Å². The van der Waals surface area contributed by atoms with E-state index in [1.807, 2.05) is 13.8 Å². The quantitative estimate of drug-likeness (QED) is 0.390. The Balaban J connectivity index is 0.000000394. The average molecular weight is 551 g/mol. The van der Waals surface area contributed by atoms with E-state index in [1.54, 1.807) is 48.8 Å². The maximum Gasteiger partial charge on any atom is 0.408 e. The van der Waals surface area contributed by atoms with E-state index in [0.717, 1.165) is 29.8 Å². The molecule has 2 aliphatic rings. The van der Waals surface area contributed by atoms with Crippen molar-refractivity contribution in [2.75, 3.05) is 27.3 Å². The summed E-state index contributed by atoms with van der Waals surface area (Å²) < 4.78 is 15.9. The molecule has 1 fully saturated rings. The molecule has 0 saturated carbocycles. The van der Waals surface area contributed by atoms with Crippen molar-refractivity contribution in [1.82, 2.24) is 10.2 Å². The summed E-state index contributed by atoms with van der Waals surface area (Å²) in [4.78, 5) is 24.8. The van der Waals surface area contributed by atoms with Gasteiger partial charge in [0.15, 0.2) is 11.5 Å². The average Bonchev–Trinajstić information content (AvgIpc) is 2.86. The molecule has 3 rings (SSSR count). The fourth-order valence-electron chi connectivity index (χ4n) is 5.26. The third-order valence-electron chi connectivity index (χ3n) is 6.86. The van der Waals surface area contributed by atoms with Crippen molar-refractivity contribution in [2.45, 2.75) is 106 Å². The number of amides is 1. The molecule has 1 aromatic rings. The number of hydrogen-bond acceptors (Lipinski definition) is 6. The van der Waals surface area contributed by atoms with E-state index < -0.39 is 23.7 Å². The highest BCUT2D eigenvalue weighted by Gasteiger charge is 2.34. The van der Waals surface area contributed by atoms with Crippen LogP contribution in [-0.4, -0.2) is 61.0 Å². The van der Waals surface area contributed by atoms with Crippen molar-refractivity contribution >= 4 is 12.1 Å². The number of carbonyl (C=O) groups excluding carboxylic acids is 1. The first kappa shape index (κ1) is 34.5. The lowest BCUT2D eigenvalue weighted by atomic mass is 9.81. The van der Waals surface area contributed by atoms with E-state index in [1.165, 1.54) is 43.5 Å². The summed E-state index contributed by atoms with van der Waals surface area (Å²) in [5, 5.41) is 11.1. The van der Waals surface area contributed by atoms with Gasteiger partial charge in [-0.1, -0.05) is 41.5 Å². The molecule has 8 heteroatoms. The lowest BCUT2D eigenvalue weighted by Crippen LogP contribution is -2.46. The normalized spacial score (nSPS) is 19.3. The van der Waals surface area contributed by atoms with Crippen LogP contribution < -0.4 is 14.8 Å². The second-order valence-electron chi connectivity index (χ2n) is 11.9. The topological polar surface area (TPSA) is 97.3 Å². The predicted octanol–water partition coefficient (Wildman–Crippen LogP) is 6.71. The van der Waals surface area contributed by atoms with Crippen LogP contribution in [0, 0.1) is 17.8 Å². The van der Waals surface area contributed by atoms with Crippen LogP contribution in [0.15, 0.2) is 12.1 Å². The fourth-order valence-corrected chi connectivity index (χ4v) is 5.26. The van der Waals surface area contributed by atoms with Crippen molar-refractivity contribution < 1.29 is 28.9 Å². The van der Waals surface area contributed by atoms with Gasteiger partial charge in [0.05, 0.1) is 14.2 Å². The standard InChI is InChI=1S/C19H29NO2.C10H19NO4.C2H6/c1-13(2)9-14-5-6-17-16-11-19(22-4)18(21-3)10-15(16)7-8-20(17)12-14;1-6(2)7(8(12)13)11-9(14)15-10(3,4)5;1-2/h10-11,13-14,17H,5-9,12H2,1-4H3;6-7H,1-5H3,(H,11,14)(H,12,13);1-2H3. The minimum absolute atomic E-state index is 0.185. The highest BCUT2D eigenvalue weighted by Crippen LogP contribution is 2.43. The van der Waals surface area contributed by atoms with Crippen LogP contribution in [0.2, 0.25) is 0 Å². The molecule has 1 saturated heterocycles. The first-order chi connectivity index (χ1) is 18.2. The van der Waals surface area contributed by atoms with Gasteiger partial charge in [-0.3, -0.25) is 4.90 Å². The van der Waals surface area contributed by atoms with Crippen LogP contribution in [0.4, 0.5) is 4.79 Å². The molecular weight excluding hydrogens is 496 g/mol. The number of piperidine rings is 1. The summed E-state index contributed by atoms with van der Waals surface area (Å²) >= 11 is 0. The van der Waals surface area contributed by atoms with Crippen LogP contribution in [0.25, 0.3) is 0 Å². The molecule has 1 amide bonds. The van der Waals surface area contributed by atoms with Gasteiger partial charge < -0.3 is 24.6 Å². The van der Waals surface area contributed by atoms with Gasteiger partial charge in [-0.15, -0.1) is 0 Å². The number of ether oxygens (including phenoxy) is 3.